The fourth-order valence-corrected chi connectivity index (χ4v) is 3.60. The van der Waals surface area contributed by atoms with Crippen LogP contribution in [0.15, 0.2) is 55.0 Å². The lowest BCUT2D eigenvalue weighted by molar-refractivity contribution is -0.137. The predicted octanol–water partition coefficient (Wildman–Crippen LogP) is 0.797. The monoisotopic (exact) mass is 420 g/mol. The number of fused-ring (bicyclic) bond motifs is 1. The number of aromatic nitrogens is 3. The molecule has 160 valence electrons. The number of piperazine rings is 1. The summed E-state index contributed by atoms with van der Waals surface area (Å²) in [4.78, 5) is 40.4. The van der Waals surface area contributed by atoms with Crippen molar-refractivity contribution in [3.8, 4) is 0 Å². The number of aliphatic hydroxyl groups is 1. The summed E-state index contributed by atoms with van der Waals surface area (Å²) in [6.07, 6.45) is 8.24. The average Bonchev–Trinajstić information content (AvgIpc) is 3.24. The molecule has 0 radical (unpaired) electrons. The lowest BCUT2D eigenvalue weighted by Crippen LogP contribution is -2.56. The minimum Gasteiger partial charge on any atom is -0.394 e. The Balaban J connectivity index is 1.33. The van der Waals surface area contributed by atoms with Gasteiger partial charge in [0.25, 0.3) is 0 Å². The van der Waals surface area contributed by atoms with Crippen LogP contribution in [0.5, 0.6) is 0 Å². The Labute approximate surface area is 179 Å². The van der Waals surface area contributed by atoms with Gasteiger partial charge in [-0.25, -0.2) is 9.97 Å². The van der Waals surface area contributed by atoms with Gasteiger partial charge in [0.1, 0.15) is 6.04 Å². The van der Waals surface area contributed by atoms with Crippen LogP contribution in [0.2, 0.25) is 0 Å². The predicted molar refractivity (Wildman–Crippen MR) is 117 cm³/mol. The van der Waals surface area contributed by atoms with Crippen LogP contribution < -0.4 is 10.2 Å². The molecule has 0 saturated carbocycles. The van der Waals surface area contributed by atoms with Crippen molar-refractivity contribution < 1.29 is 14.7 Å². The molecule has 0 spiro atoms. The van der Waals surface area contributed by atoms with E-state index in [1.54, 1.807) is 29.4 Å². The Kier molecular flexibility index (Phi) is 6.23. The van der Waals surface area contributed by atoms with E-state index in [1.165, 1.54) is 6.08 Å². The van der Waals surface area contributed by atoms with Gasteiger partial charge in [0.2, 0.25) is 17.8 Å². The van der Waals surface area contributed by atoms with E-state index >= 15 is 0 Å². The number of amides is 2. The van der Waals surface area contributed by atoms with E-state index in [9.17, 15) is 14.7 Å². The summed E-state index contributed by atoms with van der Waals surface area (Å²) in [5.74, 6) is -0.108. The van der Waals surface area contributed by atoms with Crippen LogP contribution in [0.1, 0.15) is 5.56 Å². The number of aromatic amines is 1. The van der Waals surface area contributed by atoms with Crippen LogP contribution in [0.4, 0.5) is 5.95 Å². The van der Waals surface area contributed by atoms with Gasteiger partial charge in [-0.15, -0.1) is 0 Å². The maximum Gasteiger partial charge on any atom is 0.247 e. The molecule has 9 nitrogen and oxygen atoms in total. The summed E-state index contributed by atoms with van der Waals surface area (Å²) in [7, 11) is 0. The highest BCUT2D eigenvalue weighted by Gasteiger charge is 2.28. The second kappa shape index (κ2) is 9.40. The van der Waals surface area contributed by atoms with Crippen molar-refractivity contribution in [2.45, 2.75) is 6.04 Å². The molecule has 1 saturated heterocycles. The van der Waals surface area contributed by atoms with Crippen molar-refractivity contribution in [1.82, 2.24) is 25.2 Å². The number of H-pyrrole nitrogens is 1. The second-order valence-electron chi connectivity index (χ2n) is 7.23. The number of aliphatic hydroxyl groups excluding tert-OH is 1. The Hall–Kier alpha value is -3.72. The normalized spacial score (nSPS) is 15.4. The summed E-state index contributed by atoms with van der Waals surface area (Å²) in [6, 6.07) is 8.55. The van der Waals surface area contributed by atoms with Crippen molar-refractivity contribution in [2.24, 2.45) is 0 Å². The van der Waals surface area contributed by atoms with E-state index in [4.69, 9.17) is 0 Å². The largest absolute Gasteiger partial charge is 0.394 e. The summed E-state index contributed by atoms with van der Waals surface area (Å²) in [5.41, 5.74) is 1.85. The van der Waals surface area contributed by atoms with Crippen LogP contribution in [0.25, 0.3) is 17.0 Å². The van der Waals surface area contributed by atoms with E-state index in [0.717, 1.165) is 16.5 Å². The van der Waals surface area contributed by atoms with E-state index in [-0.39, 0.29) is 5.91 Å². The molecule has 4 rings (SSSR count). The van der Waals surface area contributed by atoms with Crippen LogP contribution >= 0.6 is 0 Å². The Morgan fingerprint density at radius 3 is 2.61 bits per heavy atom. The molecule has 1 aliphatic rings. The number of benzene rings is 1. The zero-order valence-electron chi connectivity index (χ0n) is 16.9. The van der Waals surface area contributed by atoms with Crippen LogP contribution in [-0.4, -0.2) is 75.6 Å². The number of rotatable bonds is 6. The summed E-state index contributed by atoms with van der Waals surface area (Å²) in [5, 5.41) is 13.3. The maximum absolute atomic E-state index is 12.8. The lowest BCUT2D eigenvalue weighted by Gasteiger charge is -2.36. The molecule has 2 amide bonds. The minimum absolute atomic E-state index is 0.301. The lowest BCUT2D eigenvalue weighted by atomic mass is 10.1. The fourth-order valence-electron chi connectivity index (χ4n) is 3.60. The fraction of sp³-hybridized carbons (Fsp3) is 0.273. The van der Waals surface area contributed by atoms with Crippen molar-refractivity contribution in [3.05, 3.63) is 60.6 Å². The minimum atomic E-state index is -0.986. The number of anilines is 1. The summed E-state index contributed by atoms with van der Waals surface area (Å²) in [6.45, 7) is 1.64. The van der Waals surface area contributed by atoms with Gasteiger partial charge >= 0.3 is 0 Å². The Morgan fingerprint density at radius 2 is 1.87 bits per heavy atom. The van der Waals surface area contributed by atoms with Gasteiger partial charge in [0.05, 0.1) is 6.61 Å². The molecule has 31 heavy (non-hydrogen) atoms. The number of hydrogen-bond donors (Lipinski definition) is 3. The SMILES string of the molecule is O=C(C=Cc1c[nH]c2ccccc12)N[C@@H](CO)C(=O)N1CCN(c2ncccn2)CC1. The number of nitrogens with one attached hydrogen (secondary N) is 2. The molecule has 1 atom stereocenters. The molecular formula is C22H24N6O3. The summed E-state index contributed by atoms with van der Waals surface area (Å²) >= 11 is 0. The average molecular weight is 420 g/mol. The first-order chi connectivity index (χ1) is 15.2. The number of nitrogens with zero attached hydrogens (tertiary/aromatic N) is 4. The summed E-state index contributed by atoms with van der Waals surface area (Å²) < 4.78 is 0. The van der Waals surface area contributed by atoms with Gasteiger partial charge in [0, 0.05) is 61.7 Å². The molecule has 0 aliphatic carbocycles. The molecule has 0 bridgehead atoms. The van der Waals surface area contributed by atoms with Gasteiger partial charge in [0.15, 0.2) is 0 Å². The second-order valence-corrected chi connectivity index (χ2v) is 7.23. The van der Waals surface area contributed by atoms with Crippen molar-refractivity contribution in [3.63, 3.8) is 0 Å². The van der Waals surface area contributed by atoms with E-state index < -0.39 is 18.6 Å². The topological polar surface area (TPSA) is 114 Å². The van der Waals surface area contributed by atoms with Crippen molar-refractivity contribution in [2.75, 3.05) is 37.7 Å². The molecule has 1 fully saturated rings. The van der Waals surface area contributed by atoms with E-state index in [2.05, 4.69) is 20.3 Å². The van der Waals surface area contributed by atoms with Gasteiger partial charge in [-0.1, -0.05) is 18.2 Å². The Bertz CT molecular complexity index is 1070. The molecule has 3 N–H and O–H groups in total. The first kappa shape index (κ1) is 20.5. The zero-order chi connectivity index (χ0) is 21.6. The van der Waals surface area contributed by atoms with E-state index in [1.807, 2.05) is 35.4 Å². The van der Waals surface area contributed by atoms with Crippen LogP contribution in [0.3, 0.4) is 0 Å². The molecule has 2 aromatic heterocycles. The zero-order valence-corrected chi connectivity index (χ0v) is 16.9. The third-order valence-electron chi connectivity index (χ3n) is 5.26. The smallest absolute Gasteiger partial charge is 0.247 e. The third-order valence-corrected chi connectivity index (χ3v) is 5.26. The number of carbonyl (C=O) groups is 2. The number of para-hydroxylation sites is 1. The quantitative estimate of drug-likeness (QED) is 0.508. The van der Waals surface area contributed by atoms with E-state index in [0.29, 0.717) is 32.1 Å². The molecule has 9 heteroatoms. The molecule has 1 aromatic carbocycles. The maximum atomic E-state index is 12.8. The van der Waals surface area contributed by atoms with Gasteiger partial charge < -0.3 is 25.2 Å². The highest BCUT2D eigenvalue weighted by molar-refractivity contribution is 5.98. The molecule has 0 unspecified atom stereocenters. The first-order valence-corrected chi connectivity index (χ1v) is 10.1. The van der Waals surface area contributed by atoms with Crippen molar-refractivity contribution >= 4 is 34.7 Å². The number of carbonyl (C=O) groups excluding carboxylic acids is 2. The third kappa shape index (κ3) is 4.72. The molecular weight excluding hydrogens is 396 g/mol. The van der Waals surface area contributed by atoms with Crippen molar-refractivity contribution in [1.29, 1.82) is 0 Å². The molecule has 3 heterocycles. The Morgan fingerprint density at radius 1 is 1.13 bits per heavy atom. The standard InChI is InChI=1S/C22H24N6O3/c29-15-19(21(31)27-10-12-28(13-11-27)22-23-8-3-9-24-22)26-20(30)7-6-16-14-25-18-5-2-1-4-17(16)18/h1-9,14,19,25,29H,10-13,15H2,(H,26,30)/t19-/m0/s1. The van der Waals surface area contributed by atoms with Crippen LogP contribution in [0, 0.1) is 0 Å². The molecule has 1 aliphatic heterocycles. The first-order valence-electron chi connectivity index (χ1n) is 10.1. The number of hydrogen-bond acceptors (Lipinski definition) is 6. The highest BCUT2D eigenvalue weighted by atomic mass is 16.3. The van der Waals surface area contributed by atoms with Gasteiger partial charge in [-0.2, -0.15) is 0 Å². The highest BCUT2D eigenvalue weighted by Crippen LogP contribution is 2.18. The van der Waals surface area contributed by atoms with Gasteiger partial charge in [-0.05, 0) is 23.8 Å². The van der Waals surface area contributed by atoms with Crippen LogP contribution in [-0.2, 0) is 9.59 Å². The van der Waals surface area contributed by atoms with Gasteiger partial charge in [-0.3, -0.25) is 9.59 Å². The molecule has 3 aromatic rings.